The van der Waals surface area contributed by atoms with Gasteiger partial charge in [-0.1, -0.05) is 0 Å². The molecule has 0 aromatic rings. The van der Waals surface area contributed by atoms with Crippen molar-refractivity contribution in [3.05, 3.63) is 0 Å². The number of carboxylic acid groups (broad SMARTS) is 1. The van der Waals surface area contributed by atoms with Crippen LogP contribution in [-0.2, 0) is 27.2 Å². The number of hydrogen-bond donors (Lipinski definition) is 1. The average Bonchev–Trinajstić information content (AvgIpc) is 0.918. The van der Waals surface area contributed by atoms with E-state index in [0.29, 0.717) is 0 Å². The van der Waals surface area contributed by atoms with Gasteiger partial charge < -0.3 is 5.11 Å². The van der Waals surface area contributed by atoms with E-state index in [2.05, 4.69) is 0 Å². The molecule has 0 aromatic heterocycles. The van der Waals surface area contributed by atoms with Gasteiger partial charge in [0, 0.05) is 64.1 Å². The molecule has 0 saturated carbocycles. The van der Waals surface area contributed by atoms with Gasteiger partial charge in [-0.25, -0.2) is 0 Å². The van der Waals surface area contributed by atoms with Gasteiger partial charge in [0.25, 0.3) is 6.47 Å². The van der Waals surface area contributed by atoms with Crippen LogP contribution in [0.4, 0.5) is 0 Å². The fourth-order valence-electron chi connectivity index (χ4n) is 0. The van der Waals surface area contributed by atoms with Gasteiger partial charge in [0.2, 0.25) is 0 Å². The Kier molecular flexibility index (Phi) is 56.1. The van der Waals surface area contributed by atoms with Crippen molar-refractivity contribution in [2.24, 2.45) is 0 Å². The Bertz CT molecular complexity index is 17.1. The summed E-state index contributed by atoms with van der Waals surface area (Å²) in [6, 6.07) is 0. The largest absolute Gasteiger partial charge is 0.483 e. The second-order valence-corrected chi connectivity index (χ2v) is 0.105. The van der Waals surface area contributed by atoms with Gasteiger partial charge in [-0.15, -0.1) is 0 Å². The van der Waals surface area contributed by atoms with Gasteiger partial charge in [-0.2, -0.15) is 0 Å². The molecule has 0 aliphatic heterocycles. The van der Waals surface area contributed by atoms with Crippen LogP contribution in [0.2, 0.25) is 0 Å². The van der Waals surface area contributed by atoms with E-state index in [1.807, 2.05) is 0 Å². The van der Waals surface area contributed by atoms with Crippen molar-refractivity contribution in [1.82, 2.24) is 0 Å². The van der Waals surface area contributed by atoms with Crippen LogP contribution in [0.3, 0.4) is 0 Å². The third-order valence-corrected chi connectivity index (χ3v) is 0. The first kappa shape index (κ1) is 16.0. The predicted molar refractivity (Wildman–Crippen MR) is 8.69 cm³/mol. The fraction of sp³-hybridized carbons (Fsp3) is 0. The van der Waals surface area contributed by atoms with E-state index in [4.69, 9.17) is 9.90 Å². The molecule has 0 unspecified atom stereocenters. The van der Waals surface area contributed by atoms with Gasteiger partial charge in [-0.3, -0.25) is 4.79 Å². The van der Waals surface area contributed by atoms with Gasteiger partial charge in [0.15, 0.2) is 0 Å². The molecule has 0 atom stereocenters. The molecular formula is CH2AgCeO2. The van der Waals surface area contributed by atoms with Crippen LogP contribution in [0.15, 0.2) is 0 Å². The van der Waals surface area contributed by atoms with E-state index in [1.165, 1.54) is 0 Å². The molecule has 0 bridgehead atoms. The summed E-state index contributed by atoms with van der Waals surface area (Å²) in [5.41, 5.74) is 0. The zero-order valence-electron chi connectivity index (χ0n) is 2.23. The SMILES string of the molecule is O=CO.[Ag].[Ce]. The van der Waals surface area contributed by atoms with Crippen molar-refractivity contribution in [3.63, 3.8) is 0 Å². The summed E-state index contributed by atoms with van der Waals surface area (Å²) >= 11 is 0. The van der Waals surface area contributed by atoms with Crippen LogP contribution < -0.4 is 0 Å². The van der Waals surface area contributed by atoms with Gasteiger partial charge >= 0.3 is 0 Å². The molecule has 0 heterocycles. The van der Waals surface area contributed by atoms with E-state index in [0.717, 1.165) is 0 Å². The second-order valence-electron chi connectivity index (χ2n) is 0.105. The molecule has 0 saturated heterocycles. The summed E-state index contributed by atoms with van der Waals surface area (Å²) in [7, 11) is 0. The number of hydrogen-bond acceptors (Lipinski definition) is 1. The first-order valence-electron chi connectivity index (χ1n) is 0.494. The Morgan fingerprint density at radius 2 is 1.60 bits per heavy atom. The van der Waals surface area contributed by atoms with E-state index in [-0.39, 0.29) is 70.6 Å². The van der Waals surface area contributed by atoms with Crippen molar-refractivity contribution in [2.75, 3.05) is 0 Å². The van der Waals surface area contributed by atoms with Crippen LogP contribution in [0, 0.1) is 41.7 Å². The van der Waals surface area contributed by atoms with Crippen LogP contribution in [0.5, 0.6) is 0 Å². The van der Waals surface area contributed by atoms with Crippen molar-refractivity contribution in [3.8, 4) is 0 Å². The van der Waals surface area contributed by atoms with Crippen molar-refractivity contribution in [1.29, 1.82) is 0 Å². The molecule has 0 aromatic carbocycles. The first-order valence-corrected chi connectivity index (χ1v) is 0.494. The minimum absolute atomic E-state index is 0. The summed E-state index contributed by atoms with van der Waals surface area (Å²) in [4.78, 5) is 8.36. The molecule has 0 amide bonds. The molecule has 0 aliphatic rings. The zero-order valence-corrected chi connectivity index (χ0v) is 6.86. The molecule has 0 fully saturated rings. The Hall–Kier alpha value is 1.59. The number of carbonyl (C=O) groups is 1. The van der Waals surface area contributed by atoms with E-state index in [9.17, 15) is 0 Å². The predicted octanol–water partition coefficient (Wildman–Crippen LogP) is -0.302. The molecule has 0 aliphatic carbocycles. The van der Waals surface area contributed by atoms with Crippen molar-refractivity contribution >= 4 is 6.47 Å². The molecule has 4 heteroatoms. The summed E-state index contributed by atoms with van der Waals surface area (Å²) in [5, 5.41) is 6.89. The van der Waals surface area contributed by atoms with Crippen LogP contribution >= 0.6 is 0 Å². The molecule has 5 heavy (non-hydrogen) atoms. The van der Waals surface area contributed by atoms with E-state index >= 15 is 0 Å². The van der Waals surface area contributed by atoms with Gasteiger partial charge in [0.1, 0.15) is 0 Å². The van der Waals surface area contributed by atoms with Crippen molar-refractivity contribution in [2.45, 2.75) is 0 Å². The minimum atomic E-state index is -0.250. The Morgan fingerprint density at radius 3 is 1.60 bits per heavy atom. The fourth-order valence-corrected chi connectivity index (χ4v) is 0. The minimum Gasteiger partial charge on any atom is -0.483 e. The smallest absolute Gasteiger partial charge is 0.290 e. The summed E-state index contributed by atoms with van der Waals surface area (Å²) in [5.74, 6) is 0. The average molecular weight is 294 g/mol. The molecule has 2 nitrogen and oxygen atoms in total. The van der Waals surface area contributed by atoms with Crippen LogP contribution in [0.1, 0.15) is 0 Å². The molecule has 33 valence electrons. The summed E-state index contributed by atoms with van der Waals surface area (Å²) < 4.78 is 0. The zero-order chi connectivity index (χ0) is 2.71. The quantitative estimate of drug-likeness (QED) is 0.492. The maximum Gasteiger partial charge on any atom is 0.290 e. The topological polar surface area (TPSA) is 37.3 Å². The maximum atomic E-state index is 8.36. The van der Waals surface area contributed by atoms with Crippen LogP contribution in [0.25, 0.3) is 0 Å². The first-order chi connectivity index (χ1) is 1.41. The maximum absolute atomic E-state index is 8.36. The molecule has 0 spiro atoms. The molecule has 1 N–H and O–H groups in total. The Labute approximate surface area is 79.2 Å². The third-order valence-electron chi connectivity index (χ3n) is 0. The summed E-state index contributed by atoms with van der Waals surface area (Å²) in [6.07, 6.45) is 0. The Balaban J connectivity index is -0.0000000200. The summed E-state index contributed by atoms with van der Waals surface area (Å²) in [6.45, 7) is -0.250. The van der Waals surface area contributed by atoms with Gasteiger partial charge in [-0.05, 0) is 0 Å². The van der Waals surface area contributed by atoms with E-state index < -0.39 is 0 Å². The Morgan fingerprint density at radius 1 is 1.60 bits per heavy atom. The molecule has 0 rings (SSSR count). The monoisotopic (exact) mass is 293 g/mol. The molecular weight excluding hydrogens is 292 g/mol. The second kappa shape index (κ2) is 17.6. The number of rotatable bonds is 0. The molecule has 1 radical (unpaired) electrons. The van der Waals surface area contributed by atoms with Crippen LogP contribution in [-0.4, -0.2) is 11.6 Å². The van der Waals surface area contributed by atoms with Gasteiger partial charge in [0.05, 0.1) is 0 Å². The van der Waals surface area contributed by atoms with Crippen molar-refractivity contribution < 1.29 is 74.0 Å². The standard InChI is InChI=1S/CH2O2.Ag.Ce/c2-1-3;;/h1H,(H,2,3);;. The normalized spacial score (nSPS) is 2.40. The van der Waals surface area contributed by atoms with E-state index in [1.54, 1.807) is 0 Å². The third kappa shape index (κ3) is 28.5.